The second-order valence-electron chi connectivity index (χ2n) is 6.53. The van der Waals surface area contributed by atoms with E-state index in [4.69, 9.17) is 44.8 Å². The van der Waals surface area contributed by atoms with Crippen LogP contribution in [0.15, 0.2) is 82.8 Å². The lowest BCUT2D eigenvalue weighted by Gasteiger charge is -2.09. The summed E-state index contributed by atoms with van der Waals surface area (Å²) in [6.45, 7) is 0. The van der Waals surface area contributed by atoms with Crippen LogP contribution in [-0.2, 0) is 11.5 Å². The van der Waals surface area contributed by atoms with Gasteiger partial charge in [0.25, 0.3) is 0 Å². The average Bonchev–Trinajstić information content (AvgIpc) is 2.78. The molecular weight excluding hydrogens is 489 g/mol. The van der Waals surface area contributed by atoms with E-state index in [-0.39, 0.29) is 0 Å². The molecule has 0 atom stereocenters. The maximum Gasteiger partial charge on any atom is 0.179 e. The molecule has 0 unspecified atom stereocenters. The number of hydrogen-bond acceptors (Lipinski definition) is 5. The average molecular weight is 505 g/mol. The Morgan fingerprint density at radius 2 is 1.58 bits per heavy atom. The number of pyridine rings is 1. The molecule has 2 aromatic carbocycles. The molecule has 0 amide bonds. The molecule has 156 valence electrons. The van der Waals surface area contributed by atoms with Crippen molar-refractivity contribution in [3.63, 3.8) is 0 Å². The van der Waals surface area contributed by atoms with Gasteiger partial charge in [0.2, 0.25) is 0 Å². The quantitative estimate of drug-likeness (QED) is 0.238. The second kappa shape index (κ2) is 10.7. The van der Waals surface area contributed by atoms with Crippen molar-refractivity contribution >= 4 is 58.3 Å². The zero-order chi connectivity index (χ0) is 21.6. The molecule has 0 N–H and O–H groups in total. The zero-order valence-electron chi connectivity index (χ0n) is 16.1. The van der Waals surface area contributed by atoms with Gasteiger partial charge in [0, 0.05) is 32.6 Å². The summed E-state index contributed by atoms with van der Waals surface area (Å²) in [5.74, 6) is 2.20. The van der Waals surface area contributed by atoms with Gasteiger partial charge >= 0.3 is 0 Å². The molecule has 0 aliphatic carbocycles. The summed E-state index contributed by atoms with van der Waals surface area (Å²) in [5, 5.41) is 2.74. The number of thioether (sulfide) groups is 1. The van der Waals surface area contributed by atoms with E-state index in [1.807, 2.05) is 60.7 Å². The topological polar surface area (TPSA) is 38.7 Å². The molecule has 31 heavy (non-hydrogen) atoms. The van der Waals surface area contributed by atoms with Gasteiger partial charge in [0.05, 0.1) is 10.7 Å². The first-order valence-electron chi connectivity index (χ1n) is 9.31. The van der Waals surface area contributed by atoms with Gasteiger partial charge in [-0.15, -0.1) is 0 Å². The fraction of sp³-hybridized carbons (Fsp3) is 0.0870. The number of aromatic nitrogens is 3. The van der Waals surface area contributed by atoms with Crippen LogP contribution in [0.1, 0.15) is 11.3 Å². The van der Waals surface area contributed by atoms with E-state index in [9.17, 15) is 0 Å². The van der Waals surface area contributed by atoms with Crippen LogP contribution >= 0.6 is 58.3 Å². The van der Waals surface area contributed by atoms with Crippen molar-refractivity contribution in [1.82, 2.24) is 15.0 Å². The summed E-state index contributed by atoms with van der Waals surface area (Å²) in [4.78, 5) is 14.7. The Bertz CT molecular complexity index is 1170. The molecule has 2 heterocycles. The summed E-state index contributed by atoms with van der Waals surface area (Å²) >= 11 is 21.6. The first-order valence-corrected chi connectivity index (χ1v) is 12.4. The van der Waals surface area contributed by atoms with Crippen molar-refractivity contribution in [2.45, 2.75) is 21.4 Å². The number of halogens is 3. The van der Waals surface area contributed by atoms with Gasteiger partial charge in [-0.05, 0) is 54.1 Å². The van der Waals surface area contributed by atoms with Gasteiger partial charge in [-0.1, -0.05) is 64.8 Å². The summed E-state index contributed by atoms with van der Waals surface area (Å²) in [5.41, 5.74) is 2.88. The highest BCUT2D eigenvalue weighted by Crippen LogP contribution is 2.35. The van der Waals surface area contributed by atoms with Crippen molar-refractivity contribution in [2.24, 2.45) is 0 Å². The van der Waals surface area contributed by atoms with Crippen molar-refractivity contribution in [1.29, 1.82) is 0 Å². The standard InChI is InChI=1S/C23H16Cl3N3S2/c24-16-6-4-15(5-7-16)13-30-14-18-12-22(31-21-9-8-17(25)11-19(21)26)29-23(28-18)20-3-1-2-10-27-20/h1-12H,13-14H2. The van der Waals surface area contributed by atoms with Gasteiger partial charge in [-0.3, -0.25) is 4.98 Å². The Labute approximate surface area is 204 Å². The molecule has 0 saturated heterocycles. The predicted molar refractivity (Wildman–Crippen MR) is 132 cm³/mol. The van der Waals surface area contributed by atoms with Crippen LogP contribution < -0.4 is 0 Å². The van der Waals surface area contributed by atoms with Crippen LogP contribution in [0.2, 0.25) is 15.1 Å². The molecule has 0 aliphatic rings. The maximum atomic E-state index is 6.36. The Morgan fingerprint density at radius 1 is 0.774 bits per heavy atom. The Balaban J connectivity index is 1.57. The lowest BCUT2D eigenvalue weighted by Crippen LogP contribution is -1.98. The number of hydrogen-bond donors (Lipinski definition) is 0. The van der Waals surface area contributed by atoms with Crippen molar-refractivity contribution in [2.75, 3.05) is 0 Å². The van der Waals surface area contributed by atoms with E-state index in [2.05, 4.69) is 4.98 Å². The molecule has 0 aliphatic heterocycles. The Morgan fingerprint density at radius 3 is 2.32 bits per heavy atom. The largest absolute Gasteiger partial charge is 0.253 e. The molecule has 0 spiro atoms. The third kappa shape index (κ3) is 6.37. The van der Waals surface area contributed by atoms with Crippen molar-refractivity contribution in [3.05, 3.63) is 99.3 Å². The molecule has 4 aromatic rings. The highest BCUT2D eigenvalue weighted by atomic mass is 35.5. The molecule has 8 heteroatoms. The van der Waals surface area contributed by atoms with E-state index in [0.29, 0.717) is 15.9 Å². The van der Waals surface area contributed by atoms with E-state index < -0.39 is 0 Å². The summed E-state index contributed by atoms with van der Waals surface area (Å²) in [7, 11) is 0. The molecule has 4 rings (SSSR count). The molecule has 0 radical (unpaired) electrons. The number of nitrogens with zero attached hydrogens (tertiary/aromatic N) is 3. The van der Waals surface area contributed by atoms with Crippen LogP contribution in [-0.4, -0.2) is 15.0 Å². The third-order valence-electron chi connectivity index (χ3n) is 4.19. The lowest BCUT2D eigenvalue weighted by molar-refractivity contribution is 0.997. The summed E-state index contributed by atoms with van der Waals surface area (Å²) in [6.07, 6.45) is 1.74. The lowest BCUT2D eigenvalue weighted by atomic mass is 10.2. The maximum absolute atomic E-state index is 6.36. The van der Waals surface area contributed by atoms with Gasteiger partial charge in [-0.2, -0.15) is 11.8 Å². The van der Waals surface area contributed by atoms with Crippen LogP contribution in [0.25, 0.3) is 11.5 Å². The number of benzene rings is 2. The van der Waals surface area contributed by atoms with Crippen LogP contribution in [0.5, 0.6) is 0 Å². The second-order valence-corrected chi connectivity index (χ2v) is 9.86. The summed E-state index contributed by atoms with van der Waals surface area (Å²) in [6, 6.07) is 21.0. The first kappa shape index (κ1) is 22.4. The molecule has 0 fully saturated rings. The molecule has 0 saturated carbocycles. The number of rotatable bonds is 7. The van der Waals surface area contributed by atoms with E-state index in [0.717, 1.165) is 37.8 Å². The SMILES string of the molecule is Clc1ccc(CSCc2cc(Sc3ccc(Cl)cc3Cl)nc(-c3ccccn3)n2)cc1. The molecule has 0 bridgehead atoms. The highest BCUT2D eigenvalue weighted by Gasteiger charge is 2.11. The van der Waals surface area contributed by atoms with Gasteiger partial charge < -0.3 is 0 Å². The molecular formula is C23H16Cl3N3S2. The minimum atomic E-state index is 0.592. The van der Waals surface area contributed by atoms with Gasteiger partial charge in [0.1, 0.15) is 10.7 Å². The Hall–Kier alpha value is -1.76. The molecule has 2 aromatic heterocycles. The van der Waals surface area contributed by atoms with Crippen LogP contribution in [0.3, 0.4) is 0 Å². The van der Waals surface area contributed by atoms with Crippen molar-refractivity contribution in [3.8, 4) is 11.5 Å². The van der Waals surface area contributed by atoms with E-state index >= 15 is 0 Å². The Kier molecular flexibility index (Phi) is 7.75. The third-order valence-corrected chi connectivity index (χ3v) is 7.13. The van der Waals surface area contributed by atoms with Crippen molar-refractivity contribution < 1.29 is 0 Å². The smallest absolute Gasteiger partial charge is 0.179 e. The van der Waals surface area contributed by atoms with Gasteiger partial charge in [-0.25, -0.2) is 9.97 Å². The zero-order valence-corrected chi connectivity index (χ0v) is 20.0. The van der Waals surface area contributed by atoms with Crippen LogP contribution in [0.4, 0.5) is 0 Å². The fourth-order valence-electron chi connectivity index (χ4n) is 2.73. The molecule has 3 nitrogen and oxygen atoms in total. The normalized spacial score (nSPS) is 10.9. The monoisotopic (exact) mass is 503 g/mol. The van der Waals surface area contributed by atoms with E-state index in [1.54, 1.807) is 24.0 Å². The van der Waals surface area contributed by atoms with Gasteiger partial charge in [0.15, 0.2) is 5.82 Å². The predicted octanol–water partition coefficient (Wildman–Crippen LogP) is 8.08. The minimum Gasteiger partial charge on any atom is -0.253 e. The highest BCUT2D eigenvalue weighted by molar-refractivity contribution is 7.99. The first-order chi connectivity index (χ1) is 15.1. The fourth-order valence-corrected chi connectivity index (χ4v) is 5.12. The van der Waals surface area contributed by atoms with Crippen LogP contribution in [0, 0.1) is 0 Å². The minimum absolute atomic E-state index is 0.592. The summed E-state index contributed by atoms with van der Waals surface area (Å²) < 4.78 is 0. The van der Waals surface area contributed by atoms with E-state index in [1.165, 1.54) is 17.3 Å².